The number of carbonyl (C=O) groups is 7. The average Bonchev–Trinajstić information content (AvgIpc) is 3.32. The van der Waals surface area contributed by atoms with Gasteiger partial charge in [-0.05, 0) is 61.1 Å². The van der Waals surface area contributed by atoms with Crippen LogP contribution < -0.4 is 32.3 Å². The summed E-state index contributed by atoms with van der Waals surface area (Å²) in [4.78, 5) is 97.0. The molecular formula is C51H80N8O11. The quantitative estimate of drug-likeness (QED) is 0.0457. The number of rotatable bonds is 27. The largest absolute Gasteiger partial charge is 0.507 e. The third kappa shape index (κ3) is 18.2. The molecule has 70 heavy (non-hydrogen) atoms. The number of phenolic OH excluding ortho intramolecular Hbond substituents is 2. The van der Waals surface area contributed by atoms with Gasteiger partial charge >= 0.3 is 0 Å². The van der Waals surface area contributed by atoms with Gasteiger partial charge in [0.2, 0.25) is 35.4 Å². The van der Waals surface area contributed by atoms with E-state index in [0.29, 0.717) is 12.0 Å². The van der Waals surface area contributed by atoms with E-state index in [4.69, 9.17) is 5.73 Å². The lowest BCUT2D eigenvalue weighted by Gasteiger charge is -2.30. The molecule has 0 unspecified atom stereocenters. The highest BCUT2D eigenvalue weighted by molar-refractivity contribution is 5.97. The number of unbranched alkanes of at least 4 members (excludes halogenated alkanes) is 12. The van der Waals surface area contributed by atoms with Crippen LogP contribution in [0.3, 0.4) is 0 Å². The van der Waals surface area contributed by atoms with Crippen molar-refractivity contribution < 1.29 is 54.0 Å². The van der Waals surface area contributed by atoms with Crippen molar-refractivity contribution in [1.82, 2.24) is 36.4 Å². The van der Waals surface area contributed by atoms with Crippen molar-refractivity contribution in [3.05, 3.63) is 47.5 Å². The first kappa shape index (κ1) is 58.5. The van der Waals surface area contributed by atoms with E-state index < -0.39 is 85.0 Å². The monoisotopic (exact) mass is 981 g/mol. The van der Waals surface area contributed by atoms with Crippen molar-refractivity contribution >= 4 is 41.4 Å². The zero-order chi connectivity index (χ0) is 51.9. The zero-order valence-electron chi connectivity index (χ0n) is 42.1. The number of amides is 7. The van der Waals surface area contributed by atoms with E-state index in [-0.39, 0.29) is 65.9 Å². The molecule has 19 nitrogen and oxygen atoms in total. The molecule has 0 spiro atoms. The van der Waals surface area contributed by atoms with Crippen LogP contribution in [0.4, 0.5) is 0 Å². The van der Waals surface area contributed by atoms with Gasteiger partial charge in [-0.15, -0.1) is 0 Å². The van der Waals surface area contributed by atoms with Crippen molar-refractivity contribution in [2.75, 3.05) is 33.9 Å². The Hall–Kier alpha value is -5.79. The Balaban J connectivity index is 1.68. The third-order valence-corrected chi connectivity index (χ3v) is 12.9. The lowest BCUT2D eigenvalue weighted by molar-refractivity contribution is -0.141. The number of hydrogen-bond donors (Lipinski definition) is 10. The minimum absolute atomic E-state index is 0.0688. The number of carbonyl (C=O) groups excluding carboxylic acids is 7. The molecule has 0 saturated heterocycles. The topological polar surface area (TPSA) is 293 Å². The van der Waals surface area contributed by atoms with E-state index in [9.17, 15) is 54.0 Å². The molecule has 1 aliphatic rings. The van der Waals surface area contributed by atoms with Crippen LogP contribution in [0, 0.1) is 5.92 Å². The van der Waals surface area contributed by atoms with Gasteiger partial charge in [-0.2, -0.15) is 0 Å². The first-order valence-corrected chi connectivity index (χ1v) is 25.0. The van der Waals surface area contributed by atoms with Gasteiger partial charge in [0.15, 0.2) is 6.17 Å². The number of phenols is 2. The Bertz CT molecular complexity index is 2050. The summed E-state index contributed by atoms with van der Waals surface area (Å²) in [6.45, 7) is 5.72. The summed E-state index contributed by atoms with van der Waals surface area (Å²) in [6.07, 6.45) is 13.4. The van der Waals surface area contributed by atoms with Crippen molar-refractivity contribution in [2.45, 2.75) is 167 Å². The smallest absolute Gasteiger partial charge is 0.257 e. The maximum Gasteiger partial charge on any atom is 0.257 e. The molecule has 1 aliphatic heterocycles. The van der Waals surface area contributed by atoms with Crippen molar-refractivity contribution in [3.8, 4) is 22.6 Å². The molecule has 0 aromatic heterocycles. The molecule has 19 heteroatoms. The fourth-order valence-corrected chi connectivity index (χ4v) is 8.35. The molecule has 0 saturated carbocycles. The summed E-state index contributed by atoms with van der Waals surface area (Å²) in [7, 11) is 2.73. The molecule has 1 heterocycles. The van der Waals surface area contributed by atoms with Gasteiger partial charge in [0.25, 0.3) is 5.91 Å². The maximum atomic E-state index is 14.1. The lowest BCUT2D eigenvalue weighted by atomic mass is 9.93. The van der Waals surface area contributed by atoms with Crippen molar-refractivity contribution in [3.63, 3.8) is 0 Å². The zero-order valence-corrected chi connectivity index (χ0v) is 42.1. The first-order valence-electron chi connectivity index (χ1n) is 25.0. The molecule has 2 aromatic rings. The highest BCUT2D eigenvalue weighted by Crippen LogP contribution is 2.38. The van der Waals surface area contributed by atoms with E-state index in [0.717, 1.165) is 24.2 Å². The number of aromatic hydroxyl groups is 2. The van der Waals surface area contributed by atoms with Gasteiger partial charge in [0.1, 0.15) is 35.7 Å². The van der Waals surface area contributed by atoms with Crippen LogP contribution in [0.5, 0.6) is 11.5 Å². The molecule has 0 aliphatic carbocycles. The van der Waals surface area contributed by atoms with Crippen LogP contribution in [0.1, 0.15) is 141 Å². The molecule has 3 rings (SSSR count). The molecule has 7 amide bonds. The fourth-order valence-electron chi connectivity index (χ4n) is 8.35. The number of nitrogens with one attached hydrogen (secondary N) is 5. The number of nitrogens with two attached hydrogens (primary N) is 1. The van der Waals surface area contributed by atoms with E-state index in [1.54, 1.807) is 19.9 Å². The minimum atomic E-state index is -1.68. The van der Waals surface area contributed by atoms with Gasteiger partial charge in [-0.1, -0.05) is 110 Å². The van der Waals surface area contributed by atoms with Crippen LogP contribution >= 0.6 is 0 Å². The van der Waals surface area contributed by atoms with Gasteiger partial charge in [-0.25, -0.2) is 0 Å². The number of fused-ring (bicyclic) bond motifs is 5. The molecule has 2 aromatic carbocycles. The van der Waals surface area contributed by atoms with Crippen LogP contribution in [-0.2, 0) is 40.0 Å². The highest BCUT2D eigenvalue weighted by atomic mass is 16.3. The SMILES string of the molecule is CCCCCCCCCCCCCCCC(=O)N(C)[C@H](CCO)C(=O)N[C@H](N)C(=O)NCC(=O)N(C)[C@@H]1C(=O)N[C@@H](C)C(=O)N[C@H](C(=O)N[C@@H](CO)C(C)C)Cc2ccc(O)c(c2)-c2cc1ccc2O. The lowest BCUT2D eigenvalue weighted by Crippen LogP contribution is -2.58. The second kappa shape index (κ2) is 30.1. The Kier molecular flexibility index (Phi) is 25.1. The molecular weight excluding hydrogens is 901 g/mol. The van der Waals surface area contributed by atoms with E-state index in [2.05, 4.69) is 33.5 Å². The van der Waals surface area contributed by atoms with E-state index in [1.807, 2.05) is 0 Å². The first-order chi connectivity index (χ1) is 33.3. The fraction of sp³-hybridized carbons (Fsp3) is 0.627. The Labute approximate surface area is 413 Å². The summed E-state index contributed by atoms with van der Waals surface area (Å²) >= 11 is 0. The number of aliphatic hydroxyl groups is 2. The van der Waals surface area contributed by atoms with Gasteiger partial charge in [0, 0.05) is 44.7 Å². The summed E-state index contributed by atoms with van der Waals surface area (Å²) in [5.41, 5.74) is 6.87. The van der Waals surface area contributed by atoms with E-state index >= 15 is 0 Å². The number of hydrogen-bond acceptors (Lipinski definition) is 12. The molecule has 11 N–H and O–H groups in total. The molecule has 4 bridgehead atoms. The number of likely N-dealkylation sites (N-methyl/N-ethyl adjacent to an activating group) is 2. The van der Waals surface area contributed by atoms with Crippen molar-refractivity contribution in [2.24, 2.45) is 11.7 Å². The summed E-state index contributed by atoms with van der Waals surface area (Å²) in [5.74, 6) is -5.78. The summed E-state index contributed by atoms with van der Waals surface area (Å²) < 4.78 is 0. The predicted molar refractivity (Wildman–Crippen MR) is 266 cm³/mol. The van der Waals surface area contributed by atoms with Gasteiger partial charge in [0.05, 0.1) is 19.2 Å². The van der Waals surface area contributed by atoms with Gasteiger partial charge in [-0.3, -0.25) is 33.6 Å². The molecule has 6 atom stereocenters. The van der Waals surface area contributed by atoms with Crippen LogP contribution in [-0.4, -0.2) is 136 Å². The maximum absolute atomic E-state index is 14.1. The molecule has 390 valence electrons. The Morgan fingerprint density at radius 3 is 1.90 bits per heavy atom. The summed E-state index contributed by atoms with van der Waals surface area (Å²) in [6, 6.07) is 2.75. The average molecular weight is 981 g/mol. The Morgan fingerprint density at radius 1 is 0.757 bits per heavy atom. The standard InChI is InChI=1S/C51H80N8O11/c1-7-8-9-10-11-12-13-14-15-16-17-18-19-20-43(64)58(5)40(25-26-60)49(68)57-46(52)51(70)53-30-44(65)59(6)45-35-22-24-42(63)37(29-35)36-27-34(21-23-41(36)62)28-38(48(67)56-39(31-61)32(2)3)55-47(66)33(4)54-50(45)69/h21-24,27,29,32-33,38-40,45-46,60-63H,7-20,25-26,28,30-31,52H2,1-6H3,(H,53,70)(H,54,69)(H,55,66)(H,56,67)(H,57,68)/t33-,38-,39-,40+,45-,46-/m0/s1. The normalized spacial score (nSPS) is 17.3. The third-order valence-electron chi connectivity index (χ3n) is 12.9. The van der Waals surface area contributed by atoms with Gasteiger partial charge < -0.3 is 62.5 Å². The van der Waals surface area contributed by atoms with Crippen LogP contribution in [0.25, 0.3) is 11.1 Å². The predicted octanol–water partition coefficient (Wildman–Crippen LogP) is 3.15. The Morgan fingerprint density at radius 2 is 1.33 bits per heavy atom. The number of nitrogens with zero attached hydrogens (tertiary/aromatic N) is 2. The minimum Gasteiger partial charge on any atom is -0.507 e. The van der Waals surface area contributed by atoms with Crippen LogP contribution in [0.2, 0.25) is 0 Å². The van der Waals surface area contributed by atoms with Crippen LogP contribution in [0.15, 0.2) is 36.4 Å². The molecule has 0 radical (unpaired) electrons. The number of benzene rings is 2. The van der Waals surface area contributed by atoms with E-state index in [1.165, 1.54) is 114 Å². The molecule has 0 fully saturated rings. The summed E-state index contributed by atoms with van der Waals surface area (Å²) in [5, 5.41) is 54.4. The van der Waals surface area contributed by atoms with Crippen molar-refractivity contribution in [1.29, 1.82) is 0 Å². The second-order valence-electron chi connectivity index (χ2n) is 18.8. The number of aliphatic hydroxyl groups excluding tert-OH is 2. The highest BCUT2D eigenvalue weighted by Gasteiger charge is 2.35. The second-order valence-corrected chi connectivity index (χ2v) is 18.8.